The minimum atomic E-state index is -4.68. The summed E-state index contributed by atoms with van der Waals surface area (Å²) in [4.78, 5) is 25.6. The van der Waals surface area contributed by atoms with Crippen LogP contribution in [0.15, 0.2) is 18.5 Å². The zero-order valence-electron chi connectivity index (χ0n) is 14.6. The van der Waals surface area contributed by atoms with Crippen molar-refractivity contribution >= 4 is 17.5 Å². The monoisotopic (exact) mass is 396 g/mol. The highest BCUT2D eigenvalue weighted by atomic mass is 19.4. The maximum atomic E-state index is 14.3. The number of halogens is 4. The molecular weight excluding hydrogens is 380 g/mol. The molecule has 28 heavy (non-hydrogen) atoms. The van der Waals surface area contributed by atoms with Crippen LogP contribution in [0, 0.1) is 5.82 Å². The maximum Gasteiger partial charge on any atom is 0.396 e. The highest BCUT2D eigenvalue weighted by molar-refractivity contribution is 5.95. The third kappa shape index (κ3) is 3.49. The highest BCUT2D eigenvalue weighted by Crippen LogP contribution is 2.45. The van der Waals surface area contributed by atoms with Gasteiger partial charge in [0.25, 0.3) is 0 Å². The van der Waals surface area contributed by atoms with Gasteiger partial charge in [0.2, 0.25) is 5.91 Å². The lowest BCUT2D eigenvalue weighted by Crippen LogP contribution is -2.44. The van der Waals surface area contributed by atoms with Gasteiger partial charge in [-0.2, -0.15) is 13.2 Å². The number of pyridine rings is 1. The van der Waals surface area contributed by atoms with Gasteiger partial charge in [-0.25, -0.2) is 19.3 Å². The van der Waals surface area contributed by atoms with E-state index in [4.69, 9.17) is 0 Å². The average molecular weight is 396 g/mol. The van der Waals surface area contributed by atoms with E-state index in [-0.39, 0.29) is 22.8 Å². The summed E-state index contributed by atoms with van der Waals surface area (Å²) >= 11 is 0. The number of alkyl halides is 3. The van der Waals surface area contributed by atoms with E-state index >= 15 is 0 Å². The van der Waals surface area contributed by atoms with Gasteiger partial charge in [-0.1, -0.05) is 0 Å². The van der Waals surface area contributed by atoms with Gasteiger partial charge in [-0.15, -0.1) is 0 Å². The summed E-state index contributed by atoms with van der Waals surface area (Å²) in [6.45, 7) is 2.58. The second-order valence-corrected chi connectivity index (χ2v) is 6.60. The molecule has 1 fully saturated rings. The van der Waals surface area contributed by atoms with Crippen molar-refractivity contribution in [2.75, 3.05) is 36.4 Å². The topological polar surface area (TPSA) is 83.0 Å². The lowest BCUT2D eigenvalue weighted by atomic mass is 9.89. The number of carbonyl (C=O) groups is 1. The van der Waals surface area contributed by atoms with Crippen molar-refractivity contribution < 1.29 is 22.4 Å². The van der Waals surface area contributed by atoms with Crippen LogP contribution in [0.4, 0.5) is 29.2 Å². The van der Waals surface area contributed by atoms with Crippen LogP contribution in [0.3, 0.4) is 0 Å². The Balaban J connectivity index is 1.83. The Morgan fingerprint density at radius 3 is 2.61 bits per heavy atom. The first kappa shape index (κ1) is 18.5. The number of nitrogens with zero attached hydrogens (tertiary/aromatic N) is 4. The maximum absolute atomic E-state index is 14.3. The number of aromatic nitrogens is 3. The quantitative estimate of drug-likeness (QED) is 0.757. The summed E-state index contributed by atoms with van der Waals surface area (Å²) in [5.74, 6) is -3.40. The number of rotatable bonds is 2. The molecule has 4 heterocycles. The van der Waals surface area contributed by atoms with Gasteiger partial charge >= 0.3 is 6.18 Å². The summed E-state index contributed by atoms with van der Waals surface area (Å²) < 4.78 is 55.1. The lowest BCUT2D eigenvalue weighted by Gasteiger charge is -2.29. The molecule has 2 aromatic heterocycles. The standard InChI is InChI=1S/C17H16F4N6O/c18-9-5-11(25-12(6-9)27-3-1-22-2-4-27)15-14-10(17(19,20)21)7-13(28)26-16(14)24-8-23-15/h5-6,8,10,22H,1-4,7H2,(H,23,24,26,28)/t10-/m1/s1. The smallest absolute Gasteiger partial charge is 0.354 e. The summed E-state index contributed by atoms with van der Waals surface area (Å²) in [5, 5.41) is 5.50. The second-order valence-electron chi connectivity index (χ2n) is 6.60. The van der Waals surface area contributed by atoms with Gasteiger partial charge in [0, 0.05) is 50.3 Å². The molecule has 0 saturated carbocycles. The van der Waals surface area contributed by atoms with E-state index in [2.05, 4.69) is 25.6 Å². The van der Waals surface area contributed by atoms with E-state index in [9.17, 15) is 22.4 Å². The van der Waals surface area contributed by atoms with Gasteiger partial charge < -0.3 is 15.5 Å². The van der Waals surface area contributed by atoms with E-state index < -0.39 is 30.2 Å². The molecule has 0 bridgehead atoms. The van der Waals surface area contributed by atoms with Crippen molar-refractivity contribution in [2.45, 2.75) is 18.5 Å². The van der Waals surface area contributed by atoms with E-state index in [1.54, 1.807) is 0 Å². The molecule has 0 unspecified atom stereocenters. The summed E-state index contributed by atoms with van der Waals surface area (Å²) in [6.07, 6.45) is -4.43. The normalized spacial score (nSPS) is 19.9. The largest absolute Gasteiger partial charge is 0.396 e. The molecule has 7 nitrogen and oxygen atoms in total. The zero-order chi connectivity index (χ0) is 19.9. The van der Waals surface area contributed by atoms with Crippen molar-refractivity contribution in [1.82, 2.24) is 20.3 Å². The molecule has 2 aliphatic heterocycles. The molecule has 11 heteroatoms. The van der Waals surface area contributed by atoms with E-state index in [1.807, 2.05) is 4.90 Å². The Morgan fingerprint density at radius 1 is 1.14 bits per heavy atom. The number of hydrogen-bond acceptors (Lipinski definition) is 6. The molecule has 2 aliphatic rings. The molecule has 1 atom stereocenters. The van der Waals surface area contributed by atoms with Crippen LogP contribution in [0.1, 0.15) is 17.9 Å². The van der Waals surface area contributed by atoms with Gasteiger partial charge in [0.15, 0.2) is 0 Å². The van der Waals surface area contributed by atoms with Crippen LogP contribution in [-0.2, 0) is 4.79 Å². The first-order valence-electron chi connectivity index (χ1n) is 8.68. The van der Waals surface area contributed by atoms with Crippen LogP contribution in [0.5, 0.6) is 0 Å². The van der Waals surface area contributed by atoms with Gasteiger partial charge in [-0.05, 0) is 0 Å². The minimum Gasteiger partial charge on any atom is -0.354 e. The number of nitrogens with one attached hydrogen (secondary N) is 2. The highest BCUT2D eigenvalue weighted by Gasteiger charge is 2.47. The number of carbonyl (C=O) groups excluding carboxylic acids is 1. The Labute approximate surface area is 157 Å². The molecular formula is C17H16F4N6O. The van der Waals surface area contributed by atoms with Crippen LogP contribution >= 0.6 is 0 Å². The minimum absolute atomic E-state index is 0.0300. The zero-order valence-corrected chi connectivity index (χ0v) is 14.6. The third-order valence-corrected chi connectivity index (χ3v) is 4.74. The fourth-order valence-corrected chi connectivity index (χ4v) is 3.44. The van der Waals surface area contributed by atoms with Crippen molar-refractivity contribution in [3.8, 4) is 11.4 Å². The number of anilines is 2. The predicted molar refractivity (Wildman–Crippen MR) is 92.3 cm³/mol. The van der Waals surface area contributed by atoms with E-state index in [0.29, 0.717) is 32.0 Å². The molecule has 4 rings (SSSR count). The van der Waals surface area contributed by atoms with Crippen LogP contribution in [0.2, 0.25) is 0 Å². The van der Waals surface area contributed by atoms with Gasteiger partial charge in [0.1, 0.15) is 23.8 Å². The van der Waals surface area contributed by atoms with Crippen LogP contribution < -0.4 is 15.5 Å². The second kappa shape index (κ2) is 6.97. The summed E-state index contributed by atoms with van der Waals surface area (Å²) in [7, 11) is 0. The van der Waals surface area contributed by atoms with E-state index in [1.165, 1.54) is 6.07 Å². The Kier molecular flexibility index (Phi) is 4.61. The number of fused-ring (bicyclic) bond motifs is 1. The molecule has 0 aromatic carbocycles. The fourth-order valence-electron chi connectivity index (χ4n) is 3.44. The van der Waals surface area contributed by atoms with Crippen molar-refractivity contribution in [3.05, 3.63) is 29.8 Å². The molecule has 0 spiro atoms. The van der Waals surface area contributed by atoms with Crippen molar-refractivity contribution in [1.29, 1.82) is 0 Å². The van der Waals surface area contributed by atoms with Crippen LogP contribution in [0.25, 0.3) is 11.4 Å². The number of hydrogen-bond donors (Lipinski definition) is 2. The molecule has 1 saturated heterocycles. The number of amides is 1. The molecule has 1 amide bonds. The molecule has 2 aromatic rings. The third-order valence-electron chi connectivity index (χ3n) is 4.74. The molecule has 0 radical (unpaired) electrons. The molecule has 148 valence electrons. The van der Waals surface area contributed by atoms with Gasteiger partial charge in [0.05, 0.1) is 17.3 Å². The number of piperazine rings is 1. The van der Waals surface area contributed by atoms with Crippen molar-refractivity contribution in [3.63, 3.8) is 0 Å². The summed E-state index contributed by atoms with van der Waals surface area (Å²) in [6, 6.07) is 2.28. The Morgan fingerprint density at radius 2 is 1.89 bits per heavy atom. The average Bonchev–Trinajstić information content (AvgIpc) is 2.66. The lowest BCUT2D eigenvalue weighted by molar-refractivity contribution is -0.156. The first-order valence-corrected chi connectivity index (χ1v) is 8.68. The molecule has 0 aliphatic carbocycles. The summed E-state index contributed by atoms with van der Waals surface area (Å²) in [5.41, 5.74) is -0.459. The van der Waals surface area contributed by atoms with Crippen molar-refractivity contribution in [2.24, 2.45) is 0 Å². The SMILES string of the molecule is O=C1C[C@@H](C(F)(F)F)c2c(ncnc2-c2cc(F)cc(N3CCNCC3)n2)N1. The van der Waals surface area contributed by atoms with Gasteiger partial charge in [-0.3, -0.25) is 4.79 Å². The Bertz CT molecular complexity index is 913. The Hall–Kier alpha value is -2.82. The predicted octanol–water partition coefficient (Wildman–Crippen LogP) is 2.08. The fraction of sp³-hybridized carbons (Fsp3) is 0.412. The van der Waals surface area contributed by atoms with Crippen LogP contribution in [-0.4, -0.2) is 53.2 Å². The first-order chi connectivity index (χ1) is 13.3. The molecule has 2 N–H and O–H groups in total. The van der Waals surface area contributed by atoms with E-state index in [0.717, 1.165) is 12.4 Å².